The number of piperidine rings is 1. The highest BCUT2D eigenvalue weighted by Crippen LogP contribution is 2.45. The Hall–Kier alpha value is -4.94. The molecule has 2 saturated heterocycles. The normalized spacial score (nSPS) is 20.4. The summed E-state index contributed by atoms with van der Waals surface area (Å²) in [6.45, 7) is 1.51. The van der Waals surface area contributed by atoms with Gasteiger partial charge >= 0.3 is 0 Å². The first kappa shape index (κ1) is 24.1. The molecule has 13 nitrogen and oxygen atoms in total. The SMILES string of the molecule is CC(=O)c1c([C@H]2C[C@H]3CC[C@@H](C2)N3C(=O)c2nnc[nH]2)nc2c(-c3ccc(-c4cnn(C)c4)nc3)cnn2c1N. The van der Waals surface area contributed by atoms with Crippen LogP contribution in [0.5, 0.6) is 0 Å². The van der Waals surface area contributed by atoms with E-state index in [2.05, 4.69) is 30.4 Å². The van der Waals surface area contributed by atoms with Crippen molar-refractivity contribution < 1.29 is 9.59 Å². The van der Waals surface area contributed by atoms with E-state index in [-0.39, 0.29) is 41.3 Å². The Kier molecular flexibility index (Phi) is 5.47. The molecule has 5 aromatic heterocycles. The number of nitrogens with zero attached hydrogens (tertiary/aromatic N) is 9. The molecule has 3 atom stereocenters. The van der Waals surface area contributed by atoms with Crippen LogP contribution in [0.2, 0.25) is 0 Å². The van der Waals surface area contributed by atoms with Crippen LogP contribution in [0.1, 0.15) is 65.2 Å². The van der Waals surface area contributed by atoms with Crippen LogP contribution < -0.4 is 5.73 Å². The van der Waals surface area contributed by atoms with Gasteiger partial charge in [-0.15, -0.1) is 10.2 Å². The van der Waals surface area contributed by atoms with Crippen LogP contribution in [0.3, 0.4) is 0 Å². The van der Waals surface area contributed by atoms with Crippen molar-refractivity contribution >= 4 is 23.2 Å². The van der Waals surface area contributed by atoms with Crippen molar-refractivity contribution in [2.45, 2.75) is 50.6 Å². The van der Waals surface area contributed by atoms with Gasteiger partial charge in [-0.1, -0.05) is 6.07 Å². The molecule has 0 unspecified atom stereocenters. The quantitative estimate of drug-likeness (QED) is 0.320. The fraction of sp³-hybridized carbons (Fsp3) is 0.333. The van der Waals surface area contributed by atoms with E-state index in [1.807, 2.05) is 30.3 Å². The summed E-state index contributed by atoms with van der Waals surface area (Å²) in [4.78, 5) is 40.4. The van der Waals surface area contributed by atoms with Gasteiger partial charge in [0.15, 0.2) is 11.4 Å². The van der Waals surface area contributed by atoms with Crippen LogP contribution in [-0.2, 0) is 7.05 Å². The third kappa shape index (κ3) is 3.76. The fourth-order valence-electron chi connectivity index (χ4n) is 6.33. The molecule has 2 aliphatic heterocycles. The van der Waals surface area contributed by atoms with Gasteiger partial charge in [0.2, 0.25) is 5.82 Å². The standard InChI is InChI=1S/C27H27N11O2/c1-14(39)22-23(16-7-18-4-5-19(8-16)37(18)27(40)25-30-13-31-35-25)34-26-20(11-33-38(26)24(22)28)15-3-6-21(29-9-15)17-10-32-36(2)12-17/h3,6,9-13,16,18-19H,4-5,7-8,28H2,1-2H3,(H,30,31,35)/t16-,18+,19-. The number of ketones is 1. The molecule has 7 rings (SSSR count). The minimum atomic E-state index is -0.158. The van der Waals surface area contributed by atoms with Gasteiger partial charge in [0.25, 0.3) is 5.91 Å². The summed E-state index contributed by atoms with van der Waals surface area (Å²) in [5, 5.41) is 16.4. The summed E-state index contributed by atoms with van der Waals surface area (Å²) < 4.78 is 3.26. The number of amides is 1. The minimum absolute atomic E-state index is 0.0222. The van der Waals surface area contributed by atoms with Crippen LogP contribution in [0.25, 0.3) is 28.0 Å². The molecule has 202 valence electrons. The molecule has 0 spiro atoms. The molecule has 0 saturated carbocycles. The largest absolute Gasteiger partial charge is 0.383 e. The van der Waals surface area contributed by atoms with Crippen molar-refractivity contribution in [2.24, 2.45) is 7.05 Å². The predicted molar refractivity (Wildman–Crippen MR) is 144 cm³/mol. The zero-order chi connectivity index (χ0) is 27.5. The number of carbonyl (C=O) groups excluding carboxylic acids is 2. The highest BCUT2D eigenvalue weighted by Gasteiger charge is 2.45. The van der Waals surface area contributed by atoms with Gasteiger partial charge in [-0.3, -0.25) is 19.3 Å². The van der Waals surface area contributed by atoms with Gasteiger partial charge in [0.05, 0.1) is 29.3 Å². The molecule has 5 aromatic rings. The lowest BCUT2D eigenvalue weighted by molar-refractivity contribution is 0.0556. The van der Waals surface area contributed by atoms with E-state index < -0.39 is 0 Å². The molecule has 0 radical (unpaired) electrons. The number of hydrogen-bond donors (Lipinski definition) is 2. The monoisotopic (exact) mass is 537 g/mol. The van der Waals surface area contributed by atoms with E-state index in [0.717, 1.165) is 35.2 Å². The van der Waals surface area contributed by atoms with Crippen molar-refractivity contribution in [1.29, 1.82) is 0 Å². The number of pyridine rings is 1. The van der Waals surface area contributed by atoms with Crippen LogP contribution in [0, 0.1) is 0 Å². The molecule has 1 amide bonds. The summed E-state index contributed by atoms with van der Waals surface area (Å²) in [6.07, 6.45) is 11.7. The number of aromatic amines is 1. The summed E-state index contributed by atoms with van der Waals surface area (Å²) in [7, 11) is 1.86. The number of carbonyl (C=O) groups is 2. The van der Waals surface area contributed by atoms with E-state index in [1.54, 1.807) is 23.3 Å². The number of rotatable bonds is 5. The first-order chi connectivity index (χ1) is 19.4. The topological polar surface area (TPSA) is 166 Å². The van der Waals surface area contributed by atoms with Crippen LogP contribution in [0.4, 0.5) is 5.82 Å². The number of fused-ring (bicyclic) bond motifs is 3. The lowest BCUT2D eigenvalue weighted by atomic mass is 9.85. The third-order valence-corrected chi connectivity index (χ3v) is 8.11. The molecule has 13 heteroatoms. The van der Waals surface area contributed by atoms with Crippen LogP contribution in [0.15, 0.2) is 43.2 Å². The zero-order valence-electron chi connectivity index (χ0n) is 22.0. The number of nitrogens with two attached hydrogens (primary N) is 1. The van der Waals surface area contributed by atoms with Gasteiger partial charge in [-0.05, 0) is 38.7 Å². The second-order valence-electron chi connectivity index (χ2n) is 10.5. The first-order valence-electron chi connectivity index (χ1n) is 13.2. The van der Waals surface area contributed by atoms with E-state index >= 15 is 0 Å². The van der Waals surface area contributed by atoms with E-state index in [1.165, 1.54) is 17.8 Å². The third-order valence-electron chi connectivity index (χ3n) is 8.11. The van der Waals surface area contributed by atoms with Gasteiger partial charge < -0.3 is 15.6 Å². The lowest BCUT2D eigenvalue weighted by Gasteiger charge is -2.38. The van der Waals surface area contributed by atoms with Crippen LogP contribution >= 0.6 is 0 Å². The maximum Gasteiger partial charge on any atom is 0.292 e. The highest BCUT2D eigenvalue weighted by molar-refractivity contribution is 6.00. The zero-order valence-corrected chi connectivity index (χ0v) is 22.0. The van der Waals surface area contributed by atoms with Gasteiger partial charge in [-0.25, -0.2) is 4.98 Å². The fourth-order valence-corrected chi connectivity index (χ4v) is 6.33. The molecule has 3 N–H and O–H groups in total. The Morgan fingerprint density at radius 3 is 2.48 bits per heavy atom. The number of H-pyrrole nitrogens is 1. The van der Waals surface area contributed by atoms with Crippen molar-refractivity contribution in [1.82, 2.24) is 49.4 Å². The van der Waals surface area contributed by atoms with E-state index in [9.17, 15) is 9.59 Å². The Labute approximate surface area is 228 Å². The number of nitrogen functional groups attached to an aromatic ring is 1. The summed E-state index contributed by atoms with van der Waals surface area (Å²) in [5.41, 5.74) is 11.6. The number of aryl methyl sites for hydroxylation is 1. The number of aromatic nitrogens is 9. The number of hydrogen-bond acceptors (Lipinski definition) is 9. The van der Waals surface area contributed by atoms with Gasteiger partial charge in [0, 0.05) is 54.1 Å². The molecule has 0 aromatic carbocycles. The summed E-state index contributed by atoms with van der Waals surface area (Å²) in [5.74, 6) is 0.186. The second-order valence-corrected chi connectivity index (χ2v) is 10.5. The summed E-state index contributed by atoms with van der Waals surface area (Å²) in [6, 6.07) is 3.95. The maximum atomic E-state index is 13.1. The van der Waals surface area contributed by atoms with Crippen molar-refractivity contribution in [3.63, 3.8) is 0 Å². The molecule has 0 aliphatic carbocycles. The van der Waals surface area contributed by atoms with E-state index in [0.29, 0.717) is 29.7 Å². The molecule has 2 fully saturated rings. The molecular weight excluding hydrogens is 510 g/mol. The van der Waals surface area contributed by atoms with Crippen molar-refractivity contribution in [3.8, 4) is 22.4 Å². The lowest BCUT2D eigenvalue weighted by Crippen LogP contribution is -2.46. The number of nitrogens with one attached hydrogen (secondary N) is 1. The van der Waals surface area contributed by atoms with Crippen molar-refractivity contribution in [2.75, 3.05) is 5.73 Å². The smallest absolute Gasteiger partial charge is 0.292 e. The minimum Gasteiger partial charge on any atom is -0.383 e. The molecule has 2 aliphatic rings. The summed E-state index contributed by atoms with van der Waals surface area (Å²) >= 11 is 0. The number of Topliss-reactive ketones (excluding diaryl/α,β-unsaturated/α-hetero) is 1. The van der Waals surface area contributed by atoms with Crippen LogP contribution in [-0.4, -0.2) is 73.2 Å². The van der Waals surface area contributed by atoms with Crippen molar-refractivity contribution in [3.05, 3.63) is 60.3 Å². The average Bonchev–Trinajstić information content (AvgIpc) is 3.75. The molecule has 40 heavy (non-hydrogen) atoms. The molecular formula is C27H27N11O2. The van der Waals surface area contributed by atoms with Gasteiger partial charge in [0.1, 0.15) is 12.1 Å². The number of anilines is 1. The molecule has 7 heterocycles. The Bertz CT molecular complexity index is 1740. The average molecular weight is 538 g/mol. The predicted octanol–water partition coefficient (Wildman–Crippen LogP) is 2.65. The Morgan fingerprint density at radius 2 is 1.85 bits per heavy atom. The highest BCUT2D eigenvalue weighted by atomic mass is 16.2. The Balaban J connectivity index is 1.26. The van der Waals surface area contributed by atoms with Gasteiger partial charge in [-0.2, -0.15) is 14.7 Å². The van der Waals surface area contributed by atoms with E-state index in [4.69, 9.17) is 10.7 Å². The molecule has 2 bridgehead atoms. The maximum absolute atomic E-state index is 13.1. The first-order valence-corrected chi connectivity index (χ1v) is 13.2. The Morgan fingerprint density at radius 1 is 1.05 bits per heavy atom. The second kappa shape index (κ2) is 9.07.